The molecule has 0 spiro atoms. The maximum atomic E-state index is 12.8. The first kappa shape index (κ1) is 16.3. The molecule has 0 saturated carbocycles. The quantitative estimate of drug-likeness (QED) is 0.916. The van der Waals surface area contributed by atoms with Crippen LogP contribution in [0.2, 0.25) is 0 Å². The Labute approximate surface area is 125 Å². The number of carboxylic acids is 1. The molecule has 2 atom stereocenters. The fourth-order valence-electron chi connectivity index (χ4n) is 2.77. The predicted octanol–water partition coefficient (Wildman–Crippen LogP) is 4.03. The number of benzene rings is 1. The summed E-state index contributed by atoms with van der Waals surface area (Å²) in [7, 11) is 0. The average Bonchev–Trinajstić information content (AvgIpc) is 2.43. The van der Waals surface area contributed by atoms with Gasteiger partial charge in [-0.05, 0) is 23.6 Å². The van der Waals surface area contributed by atoms with Gasteiger partial charge in [-0.25, -0.2) is 4.79 Å². The van der Waals surface area contributed by atoms with E-state index in [9.17, 15) is 23.1 Å². The zero-order valence-electron chi connectivity index (χ0n) is 12.0. The molecule has 0 saturated heterocycles. The minimum absolute atomic E-state index is 0.00417. The summed E-state index contributed by atoms with van der Waals surface area (Å²) in [4.78, 5) is 11.7. The Morgan fingerprint density at radius 2 is 1.82 bits per heavy atom. The molecule has 1 aromatic carbocycles. The lowest BCUT2D eigenvalue weighted by Crippen LogP contribution is -2.52. The molecule has 0 amide bonds. The molecule has 0 aliphatic heterocycles. The summed E-state index contributed by atoms with van der Waals surface area (Å²) < 4.78 is 42.5. The van der Waals surface area contributed by atoms with Crippen molar-refractivity contribution in [2.24, 2.45) is 5.92 Å². The lowest BCUT2D eigenvalue weighted by Gasteiger charge is -2.39. The molecule has 2 unspecified atom stereocenters. The van der Waals surface area contributed by atoms with Gasteiger partial charge in [-0.2, -0.15) is 0 Å². The first-order valence-corrected chi connectivity index (χ1v) is 6.63. The number of carboxylic acid groups (broad SMARTS) is 1. The lowest BCUT2D eigenvalue weighted by molar-refractivity contribution is -0.360. The Morgan fingerprint density at radius 1 is 1.23 bits per heavy atom. The van der Waals surface area contributed by atoms with Crippen LogP contribution >= 0.6 is 0 Å². The second kappa shape index (κ2) is 5.61. The second-order valence-corrected chi connectivity index (χ2v) is 5.15. The highest BCUT2D eigenvalue weighted by Crippen LogP contribution is 2.45. The first-order chi connectivity index (χ1) is 10.2. The third kappa shape index (κ3) is 2.78. The fraction of sp³-hybridized carbons (Fsp3) is 0.312. The highest BCUT2D eigenvalue weighted by molar-refractivity contribution is 5.88. The van der Waals surface area contributed by atoms with Crippen LogP contribution in [0.3, 0.4) is 0 Å². The van der Waals surface area contributed by atoms with Gasteiger partial charge in [0.1, 0.15) is 0 Å². The summed E-state index contributed by atoms with van der Waals surface area (Å²) in [6.07, 6.45) is -2.06. The van der Waals surface area contributed by atoms with Crippen molar-refractivity contribution < 1.29 is 27.8 Å². The van der Waals surface area contributed by atoms with Gasteiger partial charge in [0.2, 0.25) is 5.60 Å². The van der Waals surface area contributed by atoms with Gasteiger partial charge in [0.25, 0.3) is 0 Å². The van der Waals surface area contributed by atoms with Crippen LogP contribution in [-0.2, 0) is 9.53 Å². The molecule has 118 valence electrons. The molecule has 0 radical (unpaired) electrons. The zero-order valence-corrected chi connectivity index (χ0v) is 12.0. The number of alkyl halides is 3. The number of carbonyl (C=O) groups is 1. The van der Waals surface area contributed by atoms with E-state index in [4.69, 9.17) is 0 Å². The van der Waals surface area contributed by atoms with Crippen LogP contribution in [-0.4, -0.2) is 23.0 Å². The van der Waals surface area contributed by atoms with Crippen LogP contribution in [0.4, 0.5) is 13.2 Å². The van der Waals surface area contributed by atoms with E-state index in [1.165, 1.54) is 19.9 Å². The van der Waals surface area contributed by atoms with E-state index in [0.717, 1.165) is 0 Å². The van der Waals surface area contributed by atoms with Gasteiger partial charge in [-0.1, -0.05) is 49.4 Å². The van der Waals surface area contributed by atoms with Crippen molar-refractivity contribution >= 4 is 11.5 Å². The maximum absolute atomic E-state index is 12.8. The number of ether oxygens (including phenoxy) is 1. The molecule has 2 rings (SSSR count). The Hall–Kier alpha value is -2.08. The molecule has 6 heteroatoms. The van der Waals surface area contributed by atoms with Gasteiger partial charge in [0.15, 0.2) is 0 Å². The number of hydrogen-bond donors (Lipinski definition) is 1. The van der Waals surface area contributed by atoms with Crippen LogP contribution in [0.25, 0.3) is 5.57 Å². The Balaban J connectivity index is 2.55. The average molecular weight is 312 g/mol. The third-order valence-electron chi connectivity index (χ3n) is 3.88. The van der Waals surface area contributed by atoms with E-state index in [-0.39, 0.29) is 5.57 Å². The summed E-state index contributed by atoms with van der Waals surface area (Å²) >= 11 is 0. The smallest absolute Gasteiger partial charge is 0.479 e. The maximum Gasteiger partial charge on any atom is 0.523 e. The van der Waals surface area contributed by atoms with Crippen LogP contribution in [0.5, 0.6) is 0 Å². The zero-order chi connectivity index (χ0) is 16.5. The van der Waals surface area contributed by atoms with Crippen molar-refractivity contribution in [2.75, 3.05) is 0 Å². The largest absolute Gasteiger partial charge is 0.523 e. The summed E-state index contributed by atoms with van der Waals surface area (Å²) in [5.74, 6) is -2.66. The van der Waals surface area contributed by atoms with Gasteiger partial charge >= 0.3 is 12.3 Å². The van der Waals surface area contributed by atoms with E-state index in [2.05, 4.69) is 4.74 Å². The van der Waals surface area contributed by atoms with Gasteiger partial charge in [-0.15, -0.1) is 13.2 Å². The number of hydrogen-bond acceptors (Lipinski definition) is 2. The highest BCUT2D eigenvalue weighted by Gasteiger charge is 2.55. The molecule has 1 N–H and O–H groups in total. The van der Waals surface area contributed by atoms with E-state index in [0.29, 0.717) is 11.1 Å². The molecular weight excluding hydrogens is 297 g/mol. The number of aliphatic carboxylic acids is 1. The van der Waals surface area contributed by atoms with Crippen LogP contribution in [0.1, 0.15) is 19.4 Å². The molecule has 0 bridgehead atoms. The van der Waals surface area contributed by atoms with Crippen molar-refractivity contribution in [1.29, 1.82) is 0 Å². The summed E-state index contributed by atoms with van der Waals surface area (Å²) in [5, 5.41) is 9.46. The standard InChI is InChI=1S/C16H15F3O3/c1-10-8-9-13(12-6-4-3-5-7-12)11(2)15(10,14(20)21)22-16(17,18)19/h3-9,11H,1-2H3,(H,20,21). The van der Waals surface area contributed by atoms with E-state index < -0.39 is 23.9 Å². The topological polar surface area (TPSA) is 46.5 Å². The van der Waals surface area contributed by atoms with E-state index >= 15 is 0 Å². The number of halogens is 3. The molecule has 0 aromatic heterocycles. The minimum Gasteiger partial charge on any atom is -0.479 e. The minimum atomic E-state index is -5.05. The van der Waals surface area contributed by atoms with Crippen LogP contribution in [0.15, 0.2) is 48.1 Å². The lowest BCUT2D eigenvalue weighted by atomic mass is 9.73. The molecule has 1 aliphatic carbocycles. The third-order valence-corrected chi connectivity index (χ3v) is 3.88. The van der Waals surface area contributed by atoms with Crippen molar-refractivity contribution in [2.45, 2.75) is 25.8 Å². The van der Waals surface area contributed by atoms with Crippen LogP contribution < -0.4 is 0 Å². The van der Waals surface area contributed by atoms with Crippen molar-refractivity contribution in [3.05, 3.63) is 53.6 Å². The molecule has 1 aromatic rings. The van der Waals surface area contributed by atoms with E-state index in [1.54, 1.807) is 36.4 Å². The van der Waals surface area contributed by atoms with Gasteiger partial charge < -0.3 is 5.11 Å². The molecule has 1 aliphatic rings. The molecule has 3 nitrogen and oxygen atoms in total. The normalized spacial score (nSPS) is 25.4. The van der Waals surface area contributed by atoms with Gasteiger partial charge in [0.05, 0.1) is 0 Å². The monoisotopic (exact) mass is 312 g/mol. The van der Waals surface area contributed by atoms with Gasteiger partial charge in [-0.3, -0.25) is 4.74 Å². The van der Waals surface area contributed by atoms with E-state index in [1.807, 2.05) is 0 Å². The molecule has 0 heterocycles. The highest BCUT2D eigenvalue weighted by atomic mass is 19.4. The molecule has 22 heavy (non-hydrogen) atoms. The summed E-state index contributed by atoms with van der Waals surface area (Å²) in [6.45, 7) is 2.75. The van der Waals surface area contributed by atoms with Crippen molar-refractivity contribution in [3.63, 3.8) is 0 Å². The molecule has 0 fully saturated rings. The Kier molecular flexibility index (Phi) is 4.15. The summed E-state index contributed by atoms with van der Waals surface area (Å²) in [5.41, 5.74) is -1.31. The fourth-order valence-corrected chi connectivity index (χ4v) is 2.77. The second-order valence-electron chi connectivity index (χ2n) is 5.15. The van der Waals surface area contributed by atoms with Crippen LogP contribution in [0, 0.1) is 5.92 Å². The SMILES string of the molecule is CC1=CC=C(c2ccccc2)C(C)C1(OC(F)(F)F)C(=O)O. The number of rotatable bonds is 3. The predicted molar refractivity (Wildman–Crippen MR) is 74.8 cm³/mol. The Bertz CT molecular complexity index is 632. The van der Waals surface area contributed by atoms with Crippen molar-refractivity contribution in [3.8, 4) is 0 Å². The van der Waals surface area contributed by atoms with Gasteiger partial charge in [0, 0.05) is 5.92 Å². The summed E-state index contributed by atoms with van der Waals surface area (Å²) in [6, 6.07) is 8.69. The Morgan fingerprint density at radius 3 is 2.32 bits per heavy atom. The van der Waals surface area contributed by atoms with Crippen molar-refractivity contribution in [1.82, 2.24) is 0 Å². The molecular formula is C16H15F3O3. The first-order valence-electron chi connectivity index (χ1n) is 6.63. The number of allylic oxidation sites excluding steroid dienone is 2.